The summed E-state index contributed by atoms with van der Waals surface area (Å²) < 4.78 is 45.7. The van der Waals surface area contributed by atoms with Gasteiger partial charge in [0.2, 0.25) is 21.8 Å². The number of methoxy groups -OCH3 is 1. The summed E-state index contributed by atoms with van der Waals surface area (Å²) in [6.45, 7) is 7.68. The number of sulfonamides is 1. The molecule has 3 aromatic heterocycles. The van der Waals surface area contributed by atoms with Gasteiger partial charge in [0.15, 0.2) is 5.69 Å². The number of carbonyl (C=O) groups is 4. The van der Waals surface area contributed by atoms with Crippen molar-refractivity contribution in [3.8, 4) is 22.2 Å². The molecule has 0 radical (unpaired) electrons. The molecule has 1 aromatic carbocycles. The average molecular weight is 874 g/mol. The Labute approximate surface area is 358 Å². The topological polar surface area (TPSA) is 212 Å². The zero-order chi connectivity index (χ0) is 43.2. The molecule has 2 aliphatic carbocycles. The van der Waals surface area contributed by atoms with E-state index in [1.807, 2.05) is 42.7 Å². The highest BCUT2D eigenvalue weighted by Crippen LogP contribution is 2.46. The zero-order valence-corrected chi connectivity index (χ0v) is 36.5. The smallest absolute Gasteiger partial charge is 0.274 e. The fourth-order valence-corrected chi connectivity index (χ4v) is 10.5. The van der Waals surface area contributed by atoms with Crippen molar-refractivity contribution < 1.29 is 41.6 Å². The summed E-state index contributed by atoms with van der Waals surface area (Å²) in [5.41, 5.74) is 1.44. The third kappa shape index (κ3) is 8.74. The molecule has 5 atom stereocenters. The van der Waals surface area contributed by atoms with Gasteiger partial charge in [-0.15, -0.1) is 11.3 Å². The summed E-state index contributed by atoms with van der Waals surface area (Å²) >= 11 is 1.47. The molecule has 0 unspecified atom stereocenters. The third-order valence-electron chi connectivity index (χ3n) is 12.0. The van der Waals surface area contributed by atoms with E-state index in [4.69, 9.17) is 24.0 Å². The maximum atomic E-state index is 14.8. The summed E-state index contributed by atoms with van der Waals surface area (Å²) in [5.74, 6) is -1.23. The highest BCUT2D eigenvalue weighted by molar-refractivity contribution is 7.91. The number of nitrogens with zero attached hydrogens (tertiary/aromatic N) is 4. The predicted molar refractivity (Wildman–Crippen MR) is 227 cm³/mol. The maximum Gasteiger partial charge on any atom is 0.274 e. The minimum atomic E-state index is -3.92. The SMILES string of the molecule is COc1ccc2c(O[C@@H]3C[C@H]4C(=O)N[C@]5(C(=O)NS(=O)(=O)C6CC6)C[C@H]5/C=C\CCCCC[C@H](NC(=O)c5cc(C)on5)C(=O)N4C3)cc(-c3nc(C(C)C)cs3)nc2c1C. The van der Waals surface area contributed by atoms with Crippen LogP contribution in [0.3, 0.4) is 0 Å². The van der Waals surface area contributed by atoms with Gasteiger partial charge in [-0.1, -0.05) is 44.0 Å². The molecule has 4 aromatic rings. The Kier molecular flexibility index (Phi) is 11.7. The summed E-state index contributed by atoms with van der Waals surface area (Å²) in [4.78, 5) is 68.1. The van der Waals surface area contributed by atoms with E-state index in [-0.39, 0.29) is 31.0 Å². The number of rotatable bonds is 10. The number of thiazole rings is 1. The molecule has 4 aliphatic rings. The van der Waals surface area contributed by atoms with Gasteiger partial charge in [0.1, 0.15) is 51.7 Å². The van der Waals surface area contributed by atoms with Gasteiger partial charge >= 0.3 is 0 Å². The molecule has 18 heteroatoms. The minimum absolute atomic E-state index is 0.0187. The molecule has 61 heavy (non-hydrogen) atoms. The molecule has 3 fully saturated rings. The zero-order valence-electron chi connectivity index (χ0n) is 34.9. The molecular weight excluding hydrogens is 823 g/mol. The van der Waals surface area contributed by atoms with Crippen molar-refractivity contribution >= 4 is 55.9 Å². The molecule has 8 rings (SSSR count). The van der Waals surface area contributed by atoms with Crippen LogP contribution >= 0.6 is 11.3 Å². The van der Waals surface area contributed by atoms with Crippen molar-refractivity contribution in [1.82, 2.24) is 35.4 Å². The first-order chi connectivity index (χ1) is 29.2. The molecule has 2 saturated carbocycles. The Morgan fingerprint density at radius 3 is 2.57 bits per heavy atom. The van der Waals surface area contributed by atoms with Crippen molar-refractivity contribution in [1.29, 1.82) is 0 Å². The van der Waals surface area contributed by atoms with Crippen molar-refractivity contribution in [3.05, 3.63) is 64.5 Å². The number of aryl methyl sites for hydroxylation is 2. The van der Waals surface area contributed by atoms with Crippen LogP contribution in [0.25, 0.3) is 21.6 Å². The van der Waals surface area contributed by atoms with E-state index >= 15 is 0 Å². The molecule has 4 amide bonds. The average Bonchev–Trinajstić information content (AvgIpc) is 4.01. The van der Waals surface area contributed by atoms with Gasteiger partial charge in [-0.05, 0) is 70.4 Å². The van der Waals surface area contributed by atoms with E-state index < -0.39 is 68.5 Å². The van der Waals surface area contributed by atoms with Crippen molar-refractivity contribution in [3.63, 3.8) is 0 Å². The predicted octanol–water partition coefficient (Wildman–Crippen LogP) is 5.25. The van der Waals surface area contributed by atoms with Gasteiger partial charge in [0.05, 0.1) is 30.1 Å². The standard InChI is InChI=1S/C43H51N7O9S2/c1-23(2)33-22-60-40(46-33)32-19-36(29-15-16-35(57-5)25(4)37(29)44-32)58-27-18-34-39(52)47-43(42(54)49-61(55,56)28-13-14-28)20-26(43)11-9-7-6-8-10-12-30(41(53)50(34)21-27)45-38(51)31-17-24(3)59-48-31/h9,11,15-17,19,22-23,26-28,30,34H,6-8,10,12-14,18,20-21H2,1-5H3,(H,45,51)(H,47,52)(H,49,54)/b11-9-/t26-,27-,30+,34+,43-/m1/s1. The normalized spacial score (nSPS) is 25.2. The highest BCUT2D eigenvalue weighted by atomic mass is 32.2. The lowest BCUT2D eigenvalue weighted by molar-refractivity contribution is -0.141. The fourth-order valence-electron chi connectivity index (χ4n) is 8.21. The van der Waals surface area contributed by atoms with Crippen molar-refractivity contribution in [2.45, 2.75) is 120 Å². The van der Waals surface area contributed by atoms with Crippen LogP contribution in [0.5, 0.6) is 11.5 Å². The Balaban J connectivity index is 1.15. The number of fused-ring (bicyclic) bond motifs is 3. The van der Waals surface area contributed by atoms with Gasteiger partial charge in [0, 0.05) is 40.8 Å². The van der Waals surface area contributed by atoms with E-state index in [1.165, 1.54) is 22.3 Å². The number of allylic oxidation sites excluding steroid dienone is 1. The first kappa shape index (κ1) is 42.3. The molecule has 324 valence electrons. The molecule has 0 bridgehead atoms. The van der Waals surface area contributed by atoms with Gasteiger partial charge < -0.3 is 29.5 Å². The number of amides is 4. The van der Waals surface area contributed by atoms with E-state index in [2.05, 4.69) is 34.4 Å². The lowest BCUT2D eigenvalue weighted by Gasteiger charge is -2.29. The molecule has 16 nitrogen and oxygen atoms in total. The van der Waals surface area contributed by atoms with Crippen LogP contribution in [0.15, 0.2) is 46.3 Å². The number of benzene rings is 1. The number of carbonyl (C=O) groups excluding carboxylic acids is 4. The lowest BCUT2D eigenvalue weighted by Crippen LogP contribution is -2.58. The van der Waals surface area contributed by atoms with Crippen LogP contribution in [-0.2, 0) is 24.4 Å². The van der Waals surface area contributed by atoms with Crippen LogP contribution in [0.4, 0.5) is 0 Å². The summed E-state index contributed by atoms with van der Waals surface area (Å²) in [5, 5.41) is 12.4. The van der Waals surface area contributed by atoms with E-state index in [0.717, 1.165) is 24.1 Å². The second-order valence-corrected chi connectivity index (χ2v) is 19.7. The monoisotopic (exact) mass is 873 g/mol. The Hall–Kier alpha value is -5.36. The minimum Gasteiger partial charge on any atom is -0.496 e. The van der Waals surface area contributed by atoms with Gasteiger partial charge in [0.25, 0.3) is 11.8 Å². The van der Waals surface area contributed by atoms with Crippen molar-refractivity contribution in [2.24, 2.45) is 5.92 Å². The lowest BCUT2D eigenvalue weighted by atomic mass is 10.0. The van der Waals surface area contributed by atoms with Crippen LogP contribution in [0.2, 0.25) is 0 Å². The second-order valence-electron chi connectivity index (χ2n) is 16.9. The molecule has 1 saturated heterocycles. The van der Waals surface area contributed by atoms with Crippen molar-refractivity contribution in [2.75, 3.05) is 13.7 Å². The van der Waals surface area contributed by atoms with Gasteiger partial charge in [-0.2, -0.15) is 0 Å². The number of hydrogen-bond donors (Lipinski definition) is 3. The first-order valence-corrected chi connectivity index (χ1v) is 23.3. The Bertz CT molecular complexity index is 2510. The molecule has 3 N–H and O–H groups in total. The number of hydrogen-bond acceptors (Lipinski definition) is 13. The molecular formula is C43H51N7O9S2. The van der Waals surface area contributed by atoms with Crippen LogP contribution in [-0.4, -0.2) is 94.7 Å². The largest absolute Gasteiger partial charge is 0.496 e. The summed E-state index contributed by atoms with van der Waals surface area (Å²) in [7, 11) is -2.33. The molecule has 0 spiro atoms. The quantitative estimate of drug-likeness (QED) is 0.175. The van der Waals surface area contributed by atoms with E-state index in [0.29, 0.717) is 71.0 Å². The molecule has 5 heterocycles. The van der Waals surface area contributed by atoms with E-state index in [1.54, 1.807) is 14.0 Å². The number of aromatic nitrogens is 3. The second kappa shape index (κ2) is 16.8. The Morgan fingerprint density at radius 1 is 1.07 bits per heavy atom. The molecule has 2 aliphatic heterocycles. The highest BCUT2D eigenvalue weighted by Gasteiger charge is 2.62. The van der Waals surface area contributed by atoms with Crippen LogP contribution in [0, 0.1) is 19.8 Å². The van der Waals surface area contributed by atoms with E-state index in [9.17, 15) is 27.6 Å². The van der Waals surface area contributed by atoms with Gasteiger partial charge in [-0.3, -0.25) is 23.9 Å². The van der Waals surface area contributed by atoms with Gasteiger partial charge in [-0.25, -0.2) is 18.4 Å². The third-order valence-corrected chi connectivity index (χ3v) is 14.7. The summed E-state index contributed by atoms with van der Waals surface area (Å²) in [6, 6.07) is 4.81. The Morgan fingerprint density at radius 2 is 1.87 bits per heavy atom. The maximum absolute atomic E-state index is 14.8. The van der Waals surface area contributed by atoms with Crippen LogP contribution < -0.4 is 24.8 Å². The fraction of sp³-hybridized carbons (Fsp3) is 0.512. The first-order valence-electron chi connectivity index (χ1n) is 20.9. The number of nitrogens with one attached hydrogen (secondary N) is 3. The summed E-state index contributed by atoms with van der Waals surface area (Å²) in [6.07, 6.45) is 7.33. The number of pyridine rings is 1. The number of ether oxygens (including phenoxy) is 2. The van der Waals surface area contributed by atoms with Crippen LogP contribution in [0.1, 0.15) is 105 Å².